The van der Waals surface area contributed by atoms with Crippen molar-refractivity contribution in [1.82, 2.24) is 19.9 Å². The molecule has 29 heavy (non-hydrogen) atoms. The number of nitrogens with zero attached hydrogens (tertiary/aromatic N) is 5. The van der Waals surface area contributed by atoms with E-state index in [1.54, 1.807) is 24.8 Å². The van der Waals surface area contributed by atoms with Crippen LogP contribution in [0.1, 0.15) is 43.8 Å². The number of halogens is 1. The minimum atomic E-state index is -1.21. The summed E-state index contributed by atoms with van der Waals surface area (Å²) in [6.45, 7) is 1.66. The van der Waals surface area contributed by atoms with Crippen molar-refractivity contribution in [2.75, 3.05) is 36.2 Å². The van der Waals surface area contributed by atoms with Crippen LogP contribution in [0, 0.1) is 0 Å². The highest BCUT2D eigenvalue weighted by atomic mass is 35.5. The van der Waals surface area contributed by atoms with Crippen LogP contribution in [0.5, 0.6) is 0 Å². The van der Waals surface area contributed by atoms with E-state index < -0.39 is 10.8 Å². The zero-order valence-corrected chi connectivity index (χ0v) is 17.9. The van der Waals surface area contributed by atoms with Gasteiger partial charge in [0.05, 0.1) is 45.3 Å². The van der Waals surface area contributed by atoms with Gasteiger partial charge in [-0.25, -0.2) is 19.9 Å². The number of aromatic nitrogens is 4. The number of anilines is 2. The average molecular weight is 437 g/mol. The van der Waals surface area contributed by atoms with E-state index in [1.807, 2.05) is 0 Å². The fraction of sp³-hybridized carbons (Fsp3) is 0.579. The Morgan fingerprint density at radius 1 is 1.24 bits per heavy atom. The van der Waals surface area contributed by atoms with Gasteiger partial charge in [0.15, 0.2) is 0 Å². The molecule has 0 aromatic carbocycles. The zero-order valence-electron chi connectivity index (χ0n) is 16.3. The van der Waals surface area contributed by atoms with E-state index in [1.165, 1.54) is 0 Å². The first kappa shape index (κ1) is 20.4. The summed E-state index contributed by atoms with van der Waals surface area (Å²) in [7, 11) is -1.21. The summed E-state index contributed by atoms with van der Waals surface area (Å²) in [5.41, 5.74) is -0.352. The molecule has 3 heterocycles. The summed E-state index contributed by atoms with van der Waals surface area (Å²) in [5.74, 6) is 2.24. The van der Waals surface area contributed by atoms with Gasteiger partial charge in [0.1, 0.15) is 11.6 Å². The standard InChI is InChI=1S/C19H25ClN6O2S/c1-29(28)15-11-21-16(24-17(15)25-19(12-27)5-2-6-19)13-3-7-26(8-4-13)18-22-9-14(20)10-23-18/h9-11,13,27H,2-8,12H2,1H3,(H,21,24,25)/t29-/m1/s1. The van der Waals surface area contributed by atoms with Gasteiger partial charge in [0, 0.05) is 31.5 Å². The molecule has 2 fully saturated rings. The van der Waals surface area contributed by atoms with Crippen molar-refractivity contribution in [2.24, 2.45) is 0 Å². The second kappa shape index (κ2) is 8.49. The fourth-order valence-electron chi connectivity index (χ4n) is 3.86. The first-order chi connectivity index (χ1) is 14.0. The summed E-state index contributed by atoms with van der Waals surface area (Å²) in [5, 5.41) is 13.7. The quantitative estimate of drug-likeness (QED) is 0.711. The number of nitrogens with one attached hydrogen (secondary N) is 1. The number of hydrogen-bond donors (Lipinski definition) is 2. The first-order valence-electron chi connectivity index (χ1n) is 9.81. The summed E-state index contributed by atoms with van der Waals surface area (Å²) in [4.78, 5) is 20.6. The van der Waals surface area contributed by atoms with Gasteiger partial charge in [-0.15, -0.1) is 0 Å². The number of hydrogen-bond acceptors (Lipinski definition) is 8. The maximum Gasteiger partial charge on any atom is 0.225 e. The molecule has 1 aliphatic heterocycles. The SMILES string of the molecule is C[S@@](=O)c1cnc(C2CCN(c3ncc(Cl)cn3)CC2)nc1NC1(CO)CCC1. The van der Waals surface area contributed by atoms with Gasteiger partial charge in [-0.2, -0.15) is 0 Å². The lowest BCUT2D eigenvalue weighted by Gasteiger charge is -2.41. The van der Waals surface area contributed by atoms with Crippen LogP contribution in [0.2, 0.25) is 5.02 Å². The smallest absolute Gasteiger partial charge is 0.225 e. The van der Waals surface area contributed by atoms with Gasteiger partial charge < -0.3 is 15.3 Å². The molecule has 4 rings (SSSR count). The van der Waals surface area contributed by atoms with Crippen molar-refractivity contribution >= 4 is 34.2 Å². The van der Waals surface area contributed by atoms with E-state index in [0.717, 1.165) is 51.0 Å². The van der Waals surface area contributed by atoms with Gasteiger partial charge in [0.2, 0.25) is 5.95 Å². The average Bonchev–Trinajstić information content (AvgIpc) is 2.71. The van der Waals surface area contributed by atoms with Crippen LogP contribution in [-0.4, -0.2) is 60.7 Å². The maximum atomic E-state index is 12.2. The summed E-state index contributed by atoms with van der Waals surface area (Å²) >= 11 is 5.87. The largest absolute Gasteiger partial charge is 0.394 e. The van der Waals surface area contributed by atoms with Crippen LogP contribution in [0.3, 0.4) is 0 Å². The molecule has 1 aliphatic carbocycles. The Kier molecular flexibility index (Phi) is 5.98. The van der Waals surface area contributed by atoms with Crippen molar-refractivity contribution in [3.8, 4) is 0 Å². The Hall–Kier alpha value is -1.84. The molecule has 2 aromatic heterocycles. The van der Waals surface area contributed by atoms with Crippen molar-refractivity contribution in [3.63, 3.8) is 0 Å². The molecule has 156 valence electrons. The van der Waals surface area contributed by atoms with Crippen LogP contribution < -0.4 is 10.2 Å². The minimum absolute atomic E-state index is 0.0433. The number of aliphatic hydroxyl groups excluding tert-OH is 1. The molecule has 0 unspecified atom stereocenters. The molecular formula is C19H25ClN6O2S. The highest BCUT2D eigenvalue weighted by molar-refractivity contribution is 7.84. The molecule has 1 saturated heterocycles. The van der Waals surface area contributed by atoms with Gasteiger partial charge in [-0.05, 0) is 32.1 Å². The molecule has 1 saturated carbocycles. The van der Waals surface area contributed by atoms with Crippen LogP contribution in [0.4, 0.5) is 11.8 Å². The third-order valence-electron chi connectivity index (χ3n) is 5.83. The van der Waals surface area contributed by atoms with Gasteiger partial charge in [-0.3, -0.25) is 4.21 Å². The number of piperidine rings is 1. The van der Waals surface area contributed by atoms with E-state index >= 15 is 0 Å². The Bertz CT molecular complexity index is 879. The van der Waals surface area contributed by atoms with E-state index in [2.05, 4.69) is 25.2 Å². The molecule has 8 nitrogen and oxygen atoms in total. The van der Waals surface area contributed by atoms with E-state index in [-0.39, 0.29) is 18.1 Å². The summed E-state index contributed by atoms with van der Waals surface area (Å²) in [6, 6.07) is 0. The third-order valence-corrected chi connectivity index (χ3v) is 6.94. The molecular weight excluding hydrogens is 412 g/mol. The number of aliphatic hydroxyl groups is 1. The topological polar surface area (TPSA) is 104 Å². The normalized spacial score (nSPS) is 20.2. The predicted octanol–water partition coefficient (Wildman–Crippen LogP) is 2.37. The molecule has 0 radical (unpaired) electrons. The van der Waals surface area contributed by atoms with Gasteiger partial charge >= 0.3 is 0 Å². The van der Waals surface area contributed by atoms with E-state index in [0.29, 0.717) is 21.7 Å². The van der Waals surface area contributed by atoms with Crippen LogP contribution in [0.25, 0.3) is 0 Å². The Labute approximate surface area is 177 Å². The van der Waals surface area contributed by atoms with Gasteiger partial charge in [-0.1, -0.05) is 11.6 Å². The predicted molar refractivity (Wildman–Crippen MR) is 113 cm³/mol. The van der Waals surface area contributed by atoms with Crippen LogP contribution >= 0.6 is 11.6 Å². The monoisotopic (exact) mass is 436 g/mol. The number of rotatable bonds is 6. The lowest BCUT2D eigenvalue weighted by Crippen LogP contribution is -2.48. The molecule has 0 spiro atoms. The fourth-order valence-corrected chi connectivity index (χ4v) is 4.53. The highest BCUT2D eigenvalue weighted by Gasteiger charge is 2.37. The second-order valence-electron chi connectivity index (χ2n) is 7.77. The third kappa shape index (κ3) is 4.36. The van der Waals surface area contributed by atoms with Crippen molar-refractivity contribution < 1.29 is 9.32 Å². The summed E-state index contributed by atoms with van der Waals surface area (Å²) < 4.78 is 12.2. The van der Waals surface area contributed by atoms with E-state index in [9.17, 15) is 9.32 Å². The lowest BCUT2D eigenvalue weighted by atomic mass is 9.77. The minimum Gasteiger partial charge on any atom is -0.394 e. The van der Waals surface area contributed by atoms with Crippen LogP contribution in [-0.2, 0) is 10.8 Å². The lowest BCUT2D eigenvalue weighted by molar-refractivity contribution is 0.143. The molecule has 2 aromatic rings. The van der Waals surface area contributed by atoms with E-state index in [4.69, 9.17) is 16.6 Å². The first-order valence-corrected chi connectivity index (χ1v) is 11.8. The van der Waals surface area contributed by atoms with Crippen LogP contribution in [0.15, 0.2) is 23.5 Å². The Balaban J connectivity index is 1.49. The zero-order chi connectivity index (χ0) is 20.4. The van der Waals surface area contributed by atoms with Crippen molar-refractivity contribution in [1.29, 1.82) is 0 Å². The van der Waals surface area contributed by atoms with Gasteiger partial charge in [0.25, 0.3) is 0 Å². The highest BCUT2D eigenvalue weighted by Crippen LogP contribution is 2.36. The van der Waals surface area contributed by atoms with Crippen molar-refractivity contribution in [2.45, 2.75) is 48.5 Å². The molecule has 10 heteroatoms. The molecule has 1 atom stereocenters. The van der Waals surface area contributed by atoms with Crippen molar-refractivity contribution in [3.05, 3.63) is 29.4 Å². The molecule has 2 N–H and O–H groups in total. The molecule has 2 aliphatic rings. The maximum absolute atomic E-state index is 12.2. The molecule has 0 bridgehead atoms. The summed E-state index contributed by atoms with van der Waals surface area (Å²) in [6.07, 6.45) is 11.1. The Morgan fingerprint density at radius 3 is 2.48 bits per heavy atom. The molecule has 0 amide bonds. The second-order valence-corrected chi connectivity index (χ2v) is 9.56. The Morgan fingerprint density at radius 2 is 1.93 bits per heavy atom.